The van der Waals surface area contributed by atoms with E-state index in [9.17, 15) is 4.79 Å². The zero-order valence-corrected chi connectivity index (χ0v) is 12.4. The molecule has 5 heteroatoms. The number of carbonyl (C=O) groups is 1. The Morgan fingerprint density at radius 3 is 2.84 bits per heavy atom. The number of ketones is 1. The number of likely N-dealkylation sites (N-methyl/N-ethyl adjacent to an activating group) is 1. The van der Waals surface area contributed by atoms with Crippen molar-refractivity contribution in [3.63, 3.8) is 0 Å². The number of Topliss-reactive ketones (excluding diaryl/α,β-unsaturated/α-hetero) is 1. The van der Waals surface area contributed by atoms with Gasteiger partial charge in [-0.3, -0.25) is 9.69 Å². The molecule has 0 bridgehead atoms. The molecule has 1 heterocycles. The van der Waals surface area contributed by atoms with Crippen LogP contribution in [0.3, 0.4) is 0 Å². The molecule has 1 aliphatic rings. The fourth-order valence-electron chi connectivity index (χ4n) is 2.21. The van der Waals surface area contributed by atoms with Crippen LogP contribution in [0, 0.1) is 0 Å². The predicted octanol–water partition coefficient (Wildman–Crippen LogP) is 3.29. The van der Waals surface area contributed by atoms with Crippen LogP contribution in [0.5, 0.6) is 0 Å². The third-order valence-electron chi connectivity index (χ3n) is 3.19. The molecule has 1 fully saturated rings. The van der Waals surface area contributed by atoms with E-state index in [4.69, 9.17) is 27.9 Å². The first-order valence-corrected chi connectivity index (χ1v) is 7.10. The first-order chi connectivity index (χ1) is 9.06. The quantitative estimate of drug-likeness (QED) is 0.782. The van der Waals surface area contributed by atoms with Crippen molar-refractivity contribution >= 4 is 29.0 Å². The van der Waals surface area contributed by atoms with Crippen LogP contribution in [0.1, 0.15) is 23.2 Å². The third-order valence-corrected chi connectivity index (χ3v) is 3.93. The van der Waals surface area contributed by atoms with Gasteiger partial charge in [-0.15, -0.1) is 0 Å². The first kappa shape index (κ1) is 14.8. The highest BCUT2D eigenvalue weighted by atomic mass is 35.5. The number of hydrogen-bond acceptors (Lipinski definition) is 3. The minimum atomic E-state index is 0.0408. The zero-order chi connectivity index (χ0) is 13.8. The van der Waals surface area contributed by atoms with Gasteiger partial charge in [-0.1, -0.05) is 23.2 Å². The molecule has 0 N–H and O–H groups in total. The van der Waals surface area contributed by atoms with Gasteiger partial charge >= 0.3 is 0 Å². The molecule has 104 valence electrons. The summed E-state index contributed by atoms with van der Waals surface area (Å²) in [4.78, 5) is 14.1. The Morgan fingerprint density at radius 1 is 1.42 bits per heavy atom. The maximum Gasteiger partial charge on any atom is 0.176 e. The summed E-state index contributed by atoms with van der Waals surface area (Å²) in [5, 5.41) is 0.875. The lowest BCUT2D eigenvalue weighted by atomic mass is 10.1. The highest BCUT2D eigenvalue weighted by Gasteiger charge is 2.19. The summed E-state index contributed by atoms with van der Waals surface area (Å²) in [7, 11) is 1.93. The van der Waals surface area contributed by atoms with Gasteiger partial charge in [0.2, 0.25) is 0 Å². The van der Waals surface area contributed by atoms with Crippen LogP contribution in [-0.2, 0) is 4.74 Å². The molecule has 1 atom stereocenters. The number of nitrogens with zero attached hydrogens (tertiary/aromatic N) is 1. The molecule has 0 amide bonds. The summed E-state index contributed by atoms with van der Waals surface area (Å²) >= 11 is 11.7. The van der Waals surface area contributed by atoms with Crippen LogP contribution < -0.4 is 0 Å². The Hall–Kier alpha value is -0.610. The van der Waals surface area contributed by atoms with Crippen molar-refractivity contribution in [2.45, 2.75) is 18.9 Å². The number of carbonyl (C=O) groups excluding carboxylic acids is 1. The molecule has 19 heavy (non-hydrogen) atoms. The maximum absolute atomic E-state index is 12.1. The molecule has 0 saturated carbocycles. The molecule has 1 aromatic carbocycles. The summed E-state index contributed by atoms with van der Waals surface area (Å²) in [6.07, 6.45) is 2.44. The number of rotatable bonds is 5. The second-order valence-electron chi connectivity index (χ2n) is 4.88. The summed E-state index contributed by atoms with van der Waals surface area (Å²) in [6.45, 7) is 1.98. The standard InChI is InChI=1S/C14H17Cl2NO2/c1-17(8-11-3-2-6-19-11)9-14(18)10-4-5-12(15)13(16)7-10/h4-5,7,11H,2-3,6,8-9H2,1H3. The zero-order valence-electron chi connectivity index (χ0n) is 10.9. The van der Waals surface area contributed by atoms with Crippen molar-refractivity contribution in [1.82, 2.24) is 4.90 Å². The van der Waals surface area contributed by atoms with Gasteiger partial charge in [-0.05, 0) is 38.1 Å². The van der Waals surface area contributed by atoms with Crippen LogP contribution in [0.25, 0.3) is 0 Å². The fraction of sp³-hybridized carbons (Fsp3) is 0.500. The molecule has 1 aliphatic heterocycles. The Kier molecular flexibility index (Phi) is 5.22. The highest BCUT2D eigenvalue weighted by molar-refractivity contribution is 6.42. The number of ether oxygens (including phenoxy) is 1. The van der Waals surface area contributed by atoms with E-state index in [1.54, 1.807) is 18.2 Å². The van der Waals surface area contributed by atoms with Gasteiger partial charge in [0, 0.05) is 18.7 Å². The number of hydrogen-bond donors (Lipinski definition) is 0. The van der Waals surface area contributed by atoms with E-state index < -0.39 is 0 Å². The molecule has 0 spiro atoms. The van der Waals surface area contributed by atoms with Gasteiger partial charge in [0.25, 0.3) is 0 Å². The van der Waals surface area contributed by atoms with E-state index >= 15 is 0 Å². The second-order valence-corrected chi connectivity index (χ2v) is 5.70. The monoisotopic (exact) mass is 301 g/mol. The molecule has 1 aromatic rings. The van der Waals surface area contributed by atoms with Gasteiger partial charge in [0.05, 0.1) is 22.7 Å². The summed E-state index contributed by atoms with van der Waals surface area (Å²) < 4.78 is 5.55. The van der Waals surface area contributed by atoms with Crippen molar-refractivity contribution in [2.75, 3.05) is 26.7 Å². The molecule has 1 saturated heterocycles. The highest BCUT2D eigenvalue weighted by Crippen LogP contribution is 2.23. The Morgan fingerprint density at radius 2 is 2.21 bits per heavy atom. The first-order valence-electron chi connectivity index (χ1n) is 6.34. The van der Waals surface area contributed by atoms with E-state index in [0.29, 0.717) is 22.2 Å². The maximum atomic E-state index is 12.1. The molecular formula is C14H17Cl2NO2. The van der Waals surface area contributed by atoms with Crippen molar-refractivity contribution < 1.29 is 9.53 Å². The molecule has 0 aromatic heterocycles. The number of benzene rings is 1. The van der Waals surface area contributed by atoms with Crippen molar-refractivity contribution in [2.24, 2.45) is 0 Å². The van der Waals surface area contributed by atoms with Crippen LogP contribution in [0.4, 0.5) is 0 Å². The Balaban J connectivity index is 1.90. The topological polar surface area (TPSA) is 29.5 Å². The van der Waals surface area contributed by atoms with E-state index in [1.807, 2.05) is 11.9 Å². The van der Waals surface area contributed by atoms with Crippen LogP contribution in [0.15, 0.2) is 18.2 Å². The van der Waals surface area contributed by atoms with Gasteiger partial charge in [-0.25, -0.2) is 0 Å². The fourth-order valence-corrected chi connectivity index (χ4v) is 2.50. The molecule has 0 radical (unpaired) electrons. The van der Waals surface area contributed by atoms with Gasteiger partial charge in [0.15, 0.2) is 5.78 Å². The minimum Gasteiger partial charge on any atom is -0.377 e. The van der Waals surface area contributed by atoms with E-state index in [1.165, 1.54) is 0 Å². The Bertz CT molecular complexity index is 459. The lowest BCUT2D eigenvalue weighted by Gasteiger charge is -2.19. The third kappa shape index (κ3) is 4.18. The van der Waals surface area contributed by atoms with E-state index in [0.717, 1.165) is 26.0 Å². The Labute approximate surface area is 123 Å². The molecule has 3 nitrogen and oxygen atoms in total. The summed E-state index contributed by atoms with van der Waals surface area (Å²) in [6, 6.07) is 4.97. The van der Waals surface area contributed by atoms with Gasteiger partial charge in [0.1, 0.15) is 0 Å². The van der Waals surface area contributed by atoms with Gasteiger partial charge in [-0.2, -0.15) is 0 Å². The molecule has 1 unspecified atom stereocenters. The molecular weight excluding hydrogens is 285 g/mol. The lowest BCUT2D eigenvalue weighted by Crippen LogP contribution is -2.33. The van der Waals surface area contributed by atoms with Crippen LogP contribution in [0.2, 0.25) is 10.0 Å². The van der Waals surface area contributed by atoms with Crippen molar-refractivity contribution in [3.05, 3.63) is 33.8 Å². The second kappa shape index (κ2) is 6.71. The smallest absolute Gasteiger partial charge is 0.176 e. The van der Waals surface area contributed by atoms with Gasteiger partial charge < -0.3 is 4.74 Å². The van der Waals surface area contributed by atoms with Crippen molar-refractivity contribution in [1.29, 1.82) is 0 Å². The van der Waals surface area contributed by atoms with Crippen LogP contribution >= 0.6 is 23.2 Å². The van der Waals surface area contributed by atoms with Crippen LogP contribution in [-0.4, -0.2) is 43.5 Å². The summed E-state index contributed by atoms with van der Waals surface area (Å²) in [5.74, 6) is 0.0408. The lowest BCUT2D eigenvalue weighted by molar-refractivity contribution is 0.0740. The molecule has 2 rings (SSSR count). The van der Waals surface area contributed by atoms with E-state index in [2.05, 4.69) is 0 Å². The average Bonchev–Trinajstić information content (AvgIpc) is 2.85. The van der Waals surface area contributed by atoms with Crippen molar-refractivity contribution in [3.8, 4) is 0 Å². The number of halogens is 2. The van der Waals surface area contributed by atoms with E-state index in [-0.39, 0.29) is 11.9 Å². The SMILES string of the molecule is CN(CC(=O)c1ccc(Cl)c(Cl)c1)CC1CCCO1. The average molecular weight is 302 g/mol. The normalized spacial score (nSPS) is 19.1. The largest absolute Gasteiger partial charge is 0.377 e. The predicted molar refractivity (Wildman–Crippen MR) is 77.3 cm³/mol. The summed E-state index contributed by atoms with van der Waals surface area (Å²) in [5.41, 5.74) is 0.591. The molecule has 0 aliphatic carbocycles. The minimum absolute atomic E-state index is 0.0408.